The van der Waals surface area contributed by atoms with Crippen LogP contribution in [-0.4, -0.2) is 74.0 Å². The Labute approximate surface area is 202 Å². The molecule has 14 heteroatoms. The molecule has 0 saturated carbocycles. The SMILES string of the molecule is C[C@](O)(CN1CCN(N=Cc2cc3cc(C(F)(F)F)ccc3o2)CC1)Cn1cc([N+](=O)[O-])nc1Cl. The molecule has 188 valence electrons. The van der Waals surface area contributed by atoms with Crippen molar-refractivity contribution in [1.82, 2.24) is 19.5 Å². The predicted octanol–water partition coefficient (Wildman–Crippen LogP) is 3.61. The van der Waals surface area contributed by atoms with Gasteiger partial charge in [-0.25, -0.2) is 0 Å². The monoisotopic (exact) mass is 514 g/mol. The van der Waals surface area contributed by atoms with Crippen LogP contribution in [0.5, 0.6) is 0 Å². The molecule has 0 aliphatic carbocycles. The highest BCUT2D eigenvalue weighted by Gasteiger charge is 2.31. The molecule has 35 heavy (non-hydrogen) atoms. The number of benzene rings is 1. The van der Waals surface area contributed by atoms with Gasteiger partial charge in [-0.1, -0.05) is 0 Å². The Morgan fingerprint density at radius 3 is 2.60 bits per heavy atom. The van der Waals surface area contributed by atoms with Gasteiger partial charge in [-0.15, -0.1) is 0 Å². The van der Waals surface area contributed by atoms with E-state index in [4.69, 9.17) is 16.0 Å². The van der Waals surface area contributed by atoms with E-state index in [9.17, 15) is 28.4 Å². The van der Waals surface area contributed by atoms with Crippen molar-refractivity contribution < 1.29 is 27.6 Å². The molecule has 1 aliphatic heterocycles. The Morgan fingerprint density at radius 2 is 1.97 bits per heavy atom. The maximum absolute atomic E-state index is 12.9. The minimum Gasteiger partial charge on any atom is -0.455 e. The quantitative estimate of drug-likeness (QED) is 0.291. The number of nitro groups is 1. The molecule has 0 amide bonds. The molecule has 0 unspecified atom stereocenters. The number of alkyl halides is 3. The Hall–Kier alpha value is -3.16. The zero-order chi connectivity index (χ0) is 25.4. The zero-order valence-corrected chi connectivity index (χ0v) is 19.3. The smallest absolute Gasteiger partial charge is 0.416 e. The van der Waals surface area contributed by atoms with Gasteiger partial charge in [0.25, 0.3) is 0 Å². The second-order valence-electron chi connectivity index (χ2n) is 8.62. The van der Waals surface area contributed by atoms with Crippen LogP contribution in [0.1, 0.15) is 18.2 Å². The summed E-state index contributed by atoms with van der Waals surface area (Å²) < 4.78 is 45.5. The van der Waals surface area contributed by atoms with E-state index < -0.39 is 22.3 Å². The standard InChI is InChI=1S/C21H22ClF3N6O4/c1-20(32,13-29-11-18(31(33)34)27-19(29)22)12-28-4-6-30(7-5-28)26-10-16-9-14-8-15(21(23,24)25)2-3-17(14)35-16/h2-3,8-11,32H,4-7,12-13H2,1H3/t20-/m0/s1. The Balaban J connectivity index is 1.31. The molecular weight excluding hydrogens is 493 g/mol. The molecule has 3 aromatic rings. The summed E-state index contributed by atoms with van der Waals surface area (Å²) in [5, 5.41) is 28.1. The van der Waals surface area contributed by atoms with Gasteiger partial charge in [0.05, 0.1) is 23.9 Å². The van der Waals surface area contributed by atoms with Gasteiger partial charge in [-0.3, -0.25) is 14.5 Å². The van der Waals surface area contributed by atoms with Crippen LogP contribution in [-0.2, 0) is 12.7 Å². The number of β-amino-alcohol motifs (C(OH)–C–C–N with tert-alkyl or cyclic N) is 1. The lowest BCUT2D eigenvalue weighted by molar-refractivity contribution is -0.389. The summed E-state index contributed by atoms with van der Waals surface area (Å²) in [5.41, 5.74) is -1.61. The Kier molecular flexibility index (Phi) is 6.75. The van der Waals surface area contributed by atoms with E-state index in [1.807, 2.05) is 4.90 Å². The topological polar surface area (TPSA) is 113 Å². The Bertz CT molecular complexity index is 1250. The van der Waals surface area contributed by atoms with E-state index in [-0.39, 0.29) is 17.6 Å². The number of halogens is 4. The first-order valence-corrected chi connectivity index (χ1v) is 11.0. The minimum absolute atomic E-state index is 0.0349. The van der Waals surface area contributed by atoms with Crippen LogP contribution in [0.15, 0.2) is 40.0 Å². The van der Waals surface area contributed by atoms with Crippen LogP contribution in [0, 0.1) is 10.1 Å². The largest absolute Gasteiger partial charge is 0.455 e. The van der Waals surface area contributed by atoms with Gasteiger partial charge < -0.3 is 19.6 Å². The van der Waals surface area contributed by atoms with Crippen molar-refractivity contribution in [3.8, 4) is 0 Å². The molecule has 1 aromatic carbocycles. The third kappa shape index (κ3) is 6.10. The molecule has 1 fully saturated rings. The lowest BCUT2D eigenvalue weighted by Crippen LogP contribution is -2.51. The molecule has 3 heterocycles. The predicted molar refractivity (Wildman–Crippen MR) is 121 cm³/mol. The summed E-state index contributed by atoms with van der Waals surface area (Å²) >= 11 is 5.94. The molecule has 1 aliphatic rings. The molecule has 1 atom stereocenters. The van der Waals surface area contributed by atoms with E-state index in [1.165, 1.54) is 29.1 Å². The van der Waals surface area contributed by atoms with Gasteiger partial charge >= 0.3 is 17.3 Å². The maximum atomic E-state index is 12.9. The van der Waals surface area contributed by atoms with E-state index in [0.717, 1.165) is 12.1 Å². The average molecular weight is 515 g/mol. The number of piperazine rings is 1. The summed E-state index contributed by atoms with van der Waals surface area (Å²) in [5.74, 6) is -0.0430. The summed E-state index contributed by atoms with van der Waals surface area (Å²) in [6.45, 7) is 4.27. The molecular formula is C21H22ClF3N6O4. The van der Waals surface area contributed by atoms with Crippen molar-refractivity contribution >= 4 is 34.6 Å². The number of furan rings is 1. The molecule has 0 spiro atoms. The van der Waals surface area contributed by atoms with Crippen molar-refractivity contribution in [1.29, 1.82) is 0 Å². The average Bonchev–Trinajstić information content (AvgIpc) is 3.34. The van der Waals surface area contributed by atoms with Gasteiger partial charge in [0.2, 0.25) is 0 Å². The highest BCUT2D eigenvalue weighted by atomic mass is 35.5. The fourth-order valence-electron chi connectivity index (χ4n) is 3.93. The lowest BCUT2D eigenvalue weighted by atomic mass is 10.1. The van der Waals surface area contributed by atoms with Crippen LogP contribution in [0.2, 0.25) is 5.28 Å². The van der Waals surface area contributed by atoms with Crippen LogP contribution < -0.4 is 0 Å². The molecule has 2 aromatic heterocycles. The molecule has 1 N–H and O–H groups in total. The first kappa shape index (κ1) is 24.9. The van der Waals surface area contributed by atoms with Gasteiger partial charge in [0, 0.05) is 38.1 Å². The number of rotatable bonds is 7. The second kappa shape index (κ2) is 9.47. The lowest BCUT2D eigenvalue weighted by Gasteiger charge is -2.37. The van der Waals surface area contributed by atoms with Crippen molar-refractivity contribution in [2.24, 2.45) is 5.10 Å². The third-order valence-corrected chi connectivity index (χ3v) is 5.84. The van der Waals surface area contributed by atoms with Gasteiger partial charge in [0.1, 0.15) is 17.5 Å². The fraction of sp³-hybridized carbons (Fsp3) is 0.429. The normalized spacial score (nSPS) is 17.4. The van der Waals surface area contributed by atoms with Crippen molar-refractivity contribution in [2.75, 3.05) is 32.7 Å². The summed E-state index contributed by atoms with van der Waals surface area (Å²) in [4.78, 5) is 15.9. The molecule has 4 rings (SSSR count). The maximum Gasteiger partial charge on any atom is 0.416 e. The van der Waals surface area contributed by atoms with Gasteiger partial charge in [-0.05, 0) is 52.7 Å². The van der Waals surface area contributed by atoms with E-state index in [1.54, 1.807) is 11.9 Å². The van der Waals surface area contributed by atoms with Crippen molar-refractivity contribution in [3.63, 3.8) is 0 Å². The van der Waals surface area contributed by atoms with Crippen LogP contribution in [0.4, 0.5) is 19.0 Å². The fourth-order valence-corrected chi connectivity index (χ4v) is 4.13. The highest BCUT2D eigenvalue weighted by molar-refractivity contribution is 6.28. The van der Waals surface area contributed by atoms with Crippen molar-refractivity contribution in [2.45, 2.75) is 25.2 Å². The molecule has 1 saturated heterocycles. The van der Waals surface area contributed by atoms with E-state index in [0.29, 0.717) is 49.5 Å². The summed E-state index contributed by atoms with van der Waals surface area (Å²) in [6, 6.07) is 4.81. The van der Waals surface area contributed by atoms with Crippen molar-refractivity contribution in [3.05, 3.63) is 57.2 Å². The number of hydrogen-bond acceptors (Lipinski definition) is 8. The molecule has 10 nitrogen and oxygen atoms in total. The van der Waals surface area contributed by atoms with E-state index in [2.05, 4.69) is 10.1 Å². The number of fused-ring (bicyclic) bond motifs is 1. The number of hydrazone groups is 1. The first-order valence-electron chi connectivity index (χ1n) is 10.6. The number of hydrogen-bond donors (Lipinski definition) is 1. The zero-order valence-electron chi connectivity index (χ0n) is 18.6. The number of aliphatic hydroxyl groups is 1. The summed E-state index contributed by atoms with van der Waals surface area (Å²) in [6.07, 6.45) is -1.77. The molecule has 0 radical (unpaired) electrons. The highest BCUT2D eigenvalue weighted by Crippen LogP contribution is 2.32. The van der Waals surface area contributed by atoms with Crippen LogP contribution in [0.25, 0.3) is 11.0 Å². The summed E-state index contributed by atoms with van der Waals surface area (Å²) in [7, 11) is 0. The first-order chi connectivity index (χ1) is 16.4. The van der Waals surface area contributed by atoms with E-state index >= 15 is 0 Å². The van der Waals surface area contributed by atoms with Crippen LogP contribution >= 0.6 is 11.6 Å². The Morgan fingerprint density at radius 1 is 1.26 bits per heavy atom. The van der Waals surface area contributed by atoms with Gasteiger partial charge in [-0.2, -0.15) is 18.3 Å². The second-order valence-corrected chi connectivity index (χ2v) is 8.96. The third-order valence-electron chi connectivity index (χ3n) is 5.54. The number of nitrogens with zero attached hydrogens (tertiary/aromatic N) is 6. The molecule has 0 bridgehead atoms. The number of imidazole rings is 1. The van der Waals surface area contributed by atoms with Crippen LogP contribution in [0.3, 0.4) is 0 Å². The minimum atomic E-state index is -4.42. The van der Waals surface area contributed by atoms with Gasteiger partial charge in [0.15, 0.2) is 0 Å². The number of aromatic nitrogens is 2.